The molecule has 0 bridgehead atoms. The third-order valence-electron chi connectivity index (χ3n) is 5.02. The average Bonchev–Trinajstić information content (AvgIpc) is 2.67. The molecule has 2 heterocycles. The molecule has 2 amide bonds. The third-order valence-corrected chi connectivity index (χ3v) is 5.21. The van der Waals surface area contributed by atoms with Gasteiger partial charge in [-0.15, -0.1) is 0 Å². The average molecular weight is 388 g/mol. The molecule has 1 aromatic carbocycles. The number of aryl methyl sites for hydroxylation is 1. The van der Waals surface area contributed by atoms with Gasteiger partial charge in [0, 0.05) is 31.5 Å². The highest BCUT2D eigenvalue weighted by atomic mass is 35.5. The fourth-order valence-corrected chi connectivity index (χ4v) is 3.62. The second-order valence-electron chi connectivity index (χ2n) is 7.08. The smallest absolute Gasteiger partial charge is 0.322 e. The number of nitrogens with zero attached hydrogens (tertiary/aromatic N) is 4. The lowest BCUT2D eigenvalue weighted by Gasteiger charge is -2.43. The Morgan fingerprint density at radius 1 is 1.30 bits per heavy atom. The number of hydrogen-bond acceptors (Lipinski definition) is 4. The van der Waals surface area contributed by atoms with Crippen LogP contribution >= 0.6 is 11.6 Å². The van der Waals surface area contributed by atoms with Gasteiger partial charge in [0.15, 0.2) is 0 Å². The molecule has 7 heteroatoms. The molecule has 1 N–H and O–H groups in total. The number of anilines is 2. The predicted molar refractivity (Wildman–Crippen MR) is 109 cm³/mol. The summed E-state index contributed by atoms with van der Waals surface area (Å²) in [6.45, 7) is 8.42. The van der Waals surface area contributed by atoms with Crippen LogP contribution in [0.4, 0.5) is 16.3 Å². The molecule has 0 spiro atoms. The van der Waals surface area contributed by atoms with Crippen LogP contribution in [0.1, 0.15) is 26.3 Å². The van der Waals surface area contributed by atoms with Crippen molar-refractivity contribution in [1.29, 1.82) is 0 Å². The van der Waals surface area contributed by atoms with Gasteiger partial charge in [0.05, 0.1) is 6.04 Å². The van der Waals surface area contributed by atoms with E-state index < -0.39 is 0 Å². The van der Waals surface area contributed by atoms with Crippen LogP contribution in [0.5, 0.6) is 0 Å². The van der Waals surface area contributed by atoms with Crippen molar-refractivity contribution >= 4 is 29.1 Å². The summed E-state index contributed by atoms with van der Waals surface area (Å²) in [5.74, 6) is 1.12. The van der Waals surface area contributed by atoms with Crippen molar-refractivity contribution in [1.82, 2.24) is 14.9 Å². The first-order chi connectivity index (χ1) is 13.0. The highest BCUT2D eigenvalue weighted by Crippen LogP contribution is 2.24. The minimum atomic E-state index is -0.0463. The molecule has 1 aromatic heterocycles. The van der Waals surface area contributed by atoms with Gasteiger partial charge in [-0.05, 0) is 41.6 Å². The molecular formula is C20H26ClN5O. The summed E-state index contributed by atoms with van der Waals surface area (Å²) in [6, 6.07) is 9.85. The van der Waals surface area contributed by atoms with Crippen LogP contribution in [0.2, 0.25) is 5.28 Å². The topological polar surface area (TPSA) is 61.4 Å². The van der Waals surface area contributed by atoms with Gasteiger partial charge in [-0.3, -0.25) is 0 Å². The molecule has 6 nitrogen and oxygen atoms in total. The SMILES string of the molecule is CCc1ccccc1NC(=O)N1CCN(c2ccnc(Cl)n2)CC1C(C)C. The number of carbonyl (C=O) groups excluding carboxylic acids is 1. The largest absolute Gasteiger partial charge is 0.353 e. The van der Waals surface area contributed by atoms with Gasteiger partial charge < -0.3 is 15.1 Å². The number of aromatic nitrogens is 2. The first-order valence-corrected chi connectivity index (χ1v) is 9.76. The Morgan fingerprint density at radius 2 is 2.07 bits per heavy atom. The zero-order chi connectivity index (χ0) is 19.4. The zero-order valence-electron chi connectivity index (χ0n) is 16.0. The van der Waals surface area contributed by atoms with E-state index in [2.05, 4.69) is 41.0 Å². The fourth-order valence-electron chi connectivity index (χ4n) is 3.48. The van der Waals surface area contributed by atoms with Gasteiger partial charge in [-0.25, -0.2) is 14.8 Å². The van der Waals surface area contributed by atoms with E-state index in [0.29, 0.717) is 25.6 Å². The summed E-state index contributed by atoms with van der Waals surface area (Å²) in [5, 5.41) is 3.34. The number of hydrogen-bond donors (Lipinski definition) is 1. The summed E-state index contributed by atoms with van der Waals surface area (Å²) in [4.78, 5) is 25.4. The normalized spacial score (nSPS) is 17.3. The van der Waals surface area contributed by atoms with Crippen LogP contribution < -0.4 is 10.2 Å². The number of amides is 2. The van der Waals surface area contributed by atoms with Gasteiger partial charge in [-0.2, -0.15) is 0 Å². The van der Waals surface area contributed by atoms with Crippen molar-refractivity contribution in [3.8, 4) is 0 Å². The Hall–Kier alpha value is -2.34. The second kappa shape index (κ2) is 8.57. The maximum Gasteiger partial charge on any atom is 0.322 e. The first kappa shape index (κ1) is 19.4. The van der Waals surface area contributed by atoms with E-state index in [-0.39, 0.29) is 17.4 Å². The zero-order valence-corrected chi connectivity index (χ0v) is 16.8. The molecule has 3 rings (SSSR count). The lowest BCUT2D eigenvalue weighted by atomic mass is 10.00. The van der Waals surface area contributed by atoms with E-state index in [9.17, 15) is 4.79 Å². The summed E-state index contributed by atoms with van der Waals surface area (Å²) < 4.78 is 0. The van der Waals surface area contributed by atoms with E-state index in [0.717, 1.165) is 23.5 Å². The second-order valence-corrected chi connectivity index (χ2v) is 7.41. The Labute approximate surface area is 165 Å². The van der Waals surface area contributed by atoms with Crippen molar-refractivity contribution < 1.29 is 4.79 Å². The van der Waals surface area contributed by atoms with Crippen molar-refractivity contribution in [3.63, 3.8) is 0 Å². The quantitative estimate of drug-likeness (QED) is 0.803. The molecule has 0 aliphatic carbocycles. The van der Waals surface area contributed by atoms with Crippen LogP contribution in [0.15, 0.2) is 36.5 Å². The Balaban J connectivity index is 1.75. The number of rotatable bonds is 4. The number of nitrogens with one attached hydrogen (secondary N) is 1. The minimum absolute atomic E-state index is 0.0463. The summed E-state index contributed by atoms with van der Waals surface area (Å²) in [7, 11) is 0. The minimum Gasteiger partial charge on any atom is -0.353 e. The Kier molecular flexibility index (Phi) is 6.16. The Morgan fingerprint density at radius 3 is 2.78 bits per heavy atom. The monoisotopic (exact) mass is 387 g/mol. The fraction of sp³-hybridized carbons (Fsp3) is 0.450. The lowest BCUT2D eigenvalue weighted by molar-refractivity contribution is 0.156. The van der Waals surface area contributed by atoms with Crippen LogP contribution in [0, 0.1) is 5.92 Å². The van der Waals surface area contributed by atoms with Crippen LogP contribution in [0.25, 0.3) is 0 Å². The van der Waals surface area contributed by atoms with E-state index >= 15 is 0 Å². The molecule has 1 atom stereocenters. The standard InChI is InChI=1S/C20H26ClN5O/c1-4-15-7-5-6-8-16(15)23-20(27)26-12-11-25(13-17(26)14(2)3)18-9-10-22-19(21)24-18/h5-10,14,17H,4,11-13H2,1-3H3,(H,23,27). The third kappa shape index (κ3) is 4.50. The Bertz CT molecular complexity index is 797. The molecule has 1 unspecified atom stereocenters. The lowest BCUT2D eigenvalue weighted by Crippen LogP contribution is -2.58. The van der Waals surface area contributed by atoms with Crippen molar-refractivity contribution in [3.05, 3.63) is 47.4 Å². The predicted octanol–water partition coefficient (Wildman–Crippen LogP) is 4.07. The highest BCUT2D eigenvalue weighted by molar-refractivity contribution is 6.28. The van der Waals surface area contributed by atoms with Gasteiger partial charge >= 0.3 is 6.03 Å². The van der Waals surface area contributed by atoms with Crippen LogP contribution in [-0.4, -0.2) is 46.6 Å². The molecule has 1 aliphatic heterocycles. The van der Waals surface area contributed by atoms with Crippen molar-refractivity contribution in [2.45, 2.75) is 33.2 Å². The molecule has 1 saturated heterocycles. The molecule has 0 radical (unpaired) electrons. The number of halogens is 1. The maximum atomic E-state index is 13.0. The van der Waals surface area contributed by atoms with E-state index in [4.69, 9.17) is 11.6 Å². The number of benzene rings is 1. The molecule has 2 aromatic rings. The number of para-hydroxylation sites is 1. The maximum absolute atomic E-state index is 13.0. The summed E-state index contributed by atoms with van der Waals surface area (Å²) in [6.07, 6.45) is 2.54. The van der Waals surface area contributed by atoms with Gasteiger partial charge in [0.2, 0.25) is 5.28 Å². The van der Waals surface area contributed by atoms with Crippen molar-refractivity contribution in [2.75, 3.05) is 29.9 Å². The first-order valence-electron chi connectivity index (χ1n) is 9.38. The van der Waals surface area contributed by atoms with E-state index in [1.54, 1.807) is 6.20 Å². The molecule has 27 heavy (non-hydrogen) atoms. The van der Waals surface area contributed by atoms with E-state index in [1.165, 1.54) is 0 Å². The van der Waals surface area contributed by atoms with Gasteiger partial charge in [-0.1, -0.05) is 39.0 Å². The summed E-state index contributed by atoms with van der Waals surface area (Å²) in [5.41, 5.74) is 2.03. The van der Waals surface area contributed by atoms with Crippen molar-refractivity contribution in [2.24, 2.45) is 5.92 Å². The van der Waals surface area contributed by atoms with E-state index in [1.807, 2.05) is 35.2 Å². The summed E-state index contributed by atoms with van der Waals surface area (Å²) >= 11 is 5.94. The molecular weight excluding hydrogens is 362 g/mol. The number of urea groups is 1. The highest BCUT2D eigenvalue weighted by Gasteiger charge is 2.33. The molecule has 144 valence electrons. The number of piperazine rings is 1. The van der Waals surface area contributed by atoms with Gasteiger partial charge in [0.25, 0.3) is 0 Å². The number of carbonyl (C=O) groups is 1. The van der Waals surface area contributed by atoms with Crippen LogP contribution in [-0.2, 0) is 6.42 Å². The van der Waals surface area contributed by atoms with Gasteiger partial charge in [0.1, 0.15) is 5.82 Å². The molecule has 1 fully saturated rings. The molecule has 1 aliphatic rings. The van der Waals surface area contributed by atoms with Crippen LogP contribution in [0.3, 0.4) is 0 Å². The molecule has 0 saturated carbocycles.